The number of alkyl halides is 1. The highest BCUT2D eigenvalue weighted by molar-refractivity contribution is 8.14. The molecular formula is C13H19FO6S. The Balaban J connectivity index is 2.04. The molecule has 0 amide bonds. The Kier molecular flexibility index (Phi) is 4.92. The Morgan fingerprint density at radius 2 is 2.00 bits per heavy atom. The van der Waals surface area contributed by atoms with Gasteiger partial charge < -0.3 is 18.9 Å². The van der Waals surface area contributed by atoms with Crippen molar-refractivity contribution in [2.24, 2.45) is 0 Å². The van der Waals surface area contributed by atoms with Crippen LogP contribution in [0, 0.1) is 0 Å². The second-order valence-electron chi connectivity index (χ2n) is 5.46. The fourth-order valence-corrected chi connectivity index (χ4v) is 3.31. The van der Waals surface area contributed by atoms with Crippen molar-refractivity contribution in [3.05, 3.63) is 0 Å². The van der Waals surface area contributed by atoms with Gasteiger partial charge in [0.1, 0.15) is 18.8 Å². The number of rotatable bonds is 4. The van der Waals surface area contributed by atoms with Crippen LogP contribution in [0.2, 0.25) is 0 Å². The first-order valence-electron chi connectivity index (χ1n) is 6.65. The molecule has 0 spiro atoms. The maximum absolute atomic E-state index is 14.5. The summed E-state index contributed by atoms with van der Waals surface area (Å²) in [6, 6.07) is 0. The Bertz CT molecular complexity index is 429. The standard InChI is InChI=1S/C13H19FO6S/c1-6(15)17-5-8(21-7(2)16)10-9(14)11-12(18-10)20-13(3,4)19-11/h8-12H,5H2,1-4H3/t8-,9+,10-,11-,12-/m1/s1. The van der Waals surface area contributed by atoms with Gasteiger partial charge in [-0.1, -0.05) is 11.8 Å². The zero-order valence-corrected chi connectivity index (χ0v) is 13.1. The summed E-state index contributed by atoms with van der Waals surface area (Å²) in [6.07, 6.45) is -4.03. The van der Waals surface area contributed by atoms with E-state index in [1.54, 1.807) is 13.8 Å². The molecule has 0 unspecified atom stereocenters. The summed E-state index contributed by atoms with van der Waals surface area (Å²) in [7, 11) is 0. The molecule has 6 nitrogen and oxygen atoms in total. The van der Waals surface area contributed by atoms with Gasteiger partial charge in [-0.2, -0.15) is 0 Å². The molecule has 2 rings (SSSR count). The van der Waals surface area contributed by atoms with Crippen LogP contribution in [-0.2, 0) is 28.5 Å². The van der Waals surface area contributed by atoms with E-state index in [9.17, 15) is 14.0 Å². The number of hydrogen-bond donors (Lipinski definition) is 0. The smallest absolute Gasteiger partial charge is 0.302 e. The predicted molar refractivity (Wildman–Crippen MR) is 72.3 cm³/mol. The molecule has 2 heterocycles. The van der Waals surface area contributed by atoms with Crippen molar-refractivity contribution >= 4 is 22.8 Å². The molecule has 2 fully saturated rings. The van der Waals surface area contributed by atoms with Crippen LogP contribution in [0.4, 0.5) is 4.39 Å². The van der Waals surface area contributed by atoms with Crippen LogP contribution in [0.3, 0.4) is 0 Å². The first-order valence-corrected chi connectivity index (χ1v) is 7.53. The van der Waals surface area contributed by atoms with Gasteiger partial charge in [-0.05, 0) is 13.8 Å². The van der Waals surface area contributed by atoms with Crippen LogP contribution < -0.4 is 0 Å². The third-order valence-corrected chi connectivity index (χ3v) is 4.18. The van der Waals surface area contributed by atoms with E-state index in [-0.39, 0.29) is 11.7 Å². The zero-order chi connectivity index (χ0) is 15.8. The number of hydrogen-bond acceptors (Lipinski definition) is 7. The maximum Gasteiger partial charge on any atom is 0.302 e. The highest BCUT2D eigenvalue weighted by Crippen LogP contribution is 2.41. The lowest BCUT2D eigenvalue weighted by atomic mass is 10.1. The fourth-order valence-electron chi connectivity index (χ4n) is 2.40. The molecule has 0 aromatic rings. The minimum atomic E-state index is -1.45. The summed E-state index contributed by atoms with van der Waals surface area (Å²) >= 11 is 0.889. The van der Waals surface area contributed by atoms with E-state index in [0.717, 1.165) is 11.8 Å². The van der Waals surface area contributed by atoms with Gasteiger partial charge in [0.15, 0.2) is 23.4 Å². The van der Waals surface area contributed by atoms with Crippen LogP contribution in [0.1, 0.15) is 27.7 Å². The van der Waals surface area contributed by atoms with E-state index in [2.05, 4.69) is 0 Å². The van der Waals surface area contributed by atoms with Gasteiger partial charge in [-0.3, -0.25) is 9.59 Å². The van der Waals surface area contributed by atoms with Gasteiger partial charge in [0.2, 0.25) is 0 Å². The largest absolute Gasteiger partial charge is 0.465 e. The zero-order valence-electron chi connectivity index (χ0n) is 12.3. The molecule has 5 atom stereocenters. The van der Waals surface area contributed by atoms with Crippen molar-refractivity contribution in [2.45, 2.75) is 63.4 Å². The Hall–Kier alpha value is -0.700. The summed E-state index contributed by atoms with van der Waals surface area (Å²) in [5.74, 6) is -1.39. The summed E-state index contributed by atoms with van der Waals surface area (Å²) in [5.41, 5.74) is 0. The van der Waals surface area contributed by atoms with E-state index in [4.69, 9.17) is 18.9 Å². The van der Waals surface area contributed by atoms with Crippen molar-refractivity contribution < 1.29 is 32.9 Å². The summed E-state index contributed by atoms with van der Waals surface area (Å²) in [4.78, 5) is 22.2. The Labute approximate surface area is 126 Å². The highest BCUT2D eigenvalue weighted by atomic mass is 32.2. The first kappa shape index (κ1) is 16.7. The van der Waals surface area contributed by atoms with E-state index in [0.29, 0.717) is 0 Å². The van der Waals surface area contributed by atoms with Crippen LogP contribution >= 0.6 is 11.8 Å². The molecule has 0 aromatic heterocycles. The van der Waals surface area contributed by atoms with Crippen LogP contribution in [0.15, 0.2) is 0 Å². The second kappa shape index (κ2) is 6.20. The molecule has 0 N–H and O–H groups in total. The maximum atomic E-state index is 14.5. The number of thioether (sulfide) groups is 1. The quantitative estimate of drug-likeness (QED) is 0.725. The van der Waals surface area contributed by atoms with Gasteiger partial charge in [0, 0.05) is 13.8 Å². The van der Waals surface area contributed by atoms with Crippen molar-refractivity contribution in [2.75, 3.05) is 6.61 Å². The first-order chi connectivity index (χ1) is 9.69. The number of carbonyl (C=O) groups is 2. The molecule has 0 bridgehead atoms. The lowest BCUT2D eigenvalue weighted by Gasteiger charge is -2.26. The van der Waals surface area contributed by atoms with E-state index in [1.165, 1.54) is 13.8 Å². The number of esters is 1. The molecule has 2 aliphatic heterocycles. The number of carbonyl (C=O) groups excluding carboxylic acids is 2. The lowest BCUT2D eigenvalue weighted by molar-refractivity contribution is -0.211. The van der Waals surface area contributed by atoms with Crippen molar-refractivity contribution in [1.29, 1.82) is 0 Å². The van der Waals surface area contributed by atoms with Gasteiger partial charge in [-0.25, -0.2) is 4.39 Å². The molecule has 2 aliphatic rings. The number of halogens is 1. The molecule has 8 heteroatoms. The number of ether oxygens (including phenoxy) is 4. The summed E-state index contributed by atoms with van der Waals surface area (Å²) in [5, 5.41) is -0.843. The normalized spacial score (nSPS) is 35.3. The highest BCUT2D eigenvalue weighted by Gasteiger charge is 2.57. The Morgan fingerprint density at radius 1 is 1.33 bits per heavy atom. The minimum absolute atomic E-state index is 0.104. The molecule has 0 radical (unpaired) electrons. The molecule has 0 saturated carbocycles. The topological polar surface area (TPSA) is 71.1 Å². The molecule has 120 valence electrons. The van der Waals surface area contributed by atoms with Gasteiger partial charge in [0.25, 0.3) is 0 Å². The molecular weight excluding hydrogens is 303 g/mol. The van der Waals surface area contributed by atoms with Gasteiger partial charge in [-0.15, -0.1) is 0 Å². The van der Waals surface area contributed by atoms with E-state index >= 15 is 0 Å². The minimum Gasteiger partial charge on any atom is -0.465 e. The Morgan fingerprint density at radius 3 is 2.52 bits per heavy atom. The third kappa shape index (κ3) is 3.94. The molecule has 2 saturated heterocycles. The van der Waals surface area contributed by atoms with Gasteiger partial charge >= 0.3 is 5.97 Å². The van der Waals surface area contributed by atoms with E-state index < -0.39 is 41.7 Å². The van der Waals surface area contributed by atoms with E-state index in [1.807, 2.05) is 0 Å². The average Bonchev–Trinajstić information content (AvgIpc) is 2.78. The lowest BCUT2D eigenvalue weighted by Crippen LogP contribution is -2.39. The fraction of sp³-hybridized carbons (Fsp3) is 0.846. The molecule has 0 aromatic carbocycles. The van der Waals surface area contributed by atoms with Crippen molar-refractivity contribution in [1.82, 2.24) is 0 Å². The van der Waals surface area contributed by atoms with Crippen molar-refractivity contribution in [3.63, 3.8) is 0 Å². The third-order valence-electron chi connectivity index (χ3n) is 3.14. The second-order valence-corrected chi connectivity index (χ2v) is 6.88. The summed E-state index contributed by atoms with van der Waals surface area (Å²) < 4.78 is 35.9. The monoisotopic (exact) mass is 322 g/mol. The van der Waals surface area contributed by atoms with Crippen LogP contribution in [0.5, 0.6) is 0 Å². The van der Waals surface area contributed by atoms with Gasteiger partial charge in [0.05, 0.1) is 5.25 Å². The number of fused-ring (bicyclic) bond motifs is 1. The van der Waals surface area contributed by atoms with Crippen LogP contribution in [0.25, 0.3) is 0 Å². The predicted octanol–water partition coefficient (Wildman–Crippen LogP) is 1.41. The molecule has 21 heavy (non-hydrogen) atoms. The van der Waals surface area contributed by atoms with Crippen LogP contribution in [-0.4, -0.2) is 53.4 Å². The SMILES string of the molecule is CC(=O)OC[C@@H](SC(C)=O)[C@H]1O[C@@H]2OC(C)(C)O[C@@H]2[C@H]1F. The summed E-state index contributed by atoms with van der Waals surface area (Å²) in [6.45, 7) is 5.87. The molecule has 0 aliphatic carbocycles. The van der Waals surface area contributed by atoms with Crippen molar-refractivity contribution in [3.8, 4) is 0 Å². The average molecular weight is 322 g/mol.